The minimum Gasteiger partial charge on any atom is -0.275 e. The zero-order chi connectivity index (χ0) is 10.2. The molecule has 0 heterocycles. The summed E-state index contributed by atoms with van der Waals surface area (Å²) in [4.78, 5) is 10.6. The molecule has 1 nitrogen and oxygen atoms in total. The molecule has 0 atom stereocenters. The van der Waals surface area contributed by atoms with Gasteiger partial charge in [-0.3, -0.25) is 4.79 Å². The van der Waals surface area contributed by atoms with Gasteiger partial charge in [-0.15, -0.1) is 0 Å². The van der Waals surface area contributed by atoms with Crippen LogP contribution in [0.25, 0.3) is 0 Å². The standard InChI is InChI=1S/C7HBrCl2F2O/c8-2-1-3(9)6(12)4(5(2)11)7(10)13/h1H. The van der Waals surface area contributed by atoms with Gasteiger partial charge in [0.15, 0.2) is 11.6 Å². The first kappa shape index (κ1) is 10.9. The van der Waals surface area contributed by atoms with E-state index in [1.54, 1.807) is 0 Å². The van der Waals surface area contributed by atoms with E-state index < -0.39 is 22.4 Å². The maximum absolute atomic E-state index is 13.0. The highest BCUT2D eigenvalue weighted by Crippen LogP contribution is 2.28. The summed E-state index contributed by atoms with van der Waals surface area (Å²) in [6.45, 7) is 0. The molecule has 0 unspecified atom stereocenters. The number of rotatable bonds is 1. The summed E-state index contributed by atoms with van der Waals surface area (Å²) in [6.07, 6.45) is 0. The summed E-state index contributed by atoms with van der Waals surface area (Å²) in [5.74, 6) is -2.20. The fraction of sp³-hybridized carbons (Fsp3) is 0. The van der Waals surface area contributed by atoms with Crippen LogP contribution < -0.4 is 0 Å². The molecule has 0 aliphatic rings. The van der Waals surface area contributed by atoms with E-state index in [2.05, 4.69) is 15.9 Å². The topological polar surface area (TPSA) is 17.1 Å². The minimum absolute atomic E-state index is 0.108. The molecule has 70 valence electrons. The maximum atomic E-state index is 13.0. The van der Waals surface area contributed by atoms with Gasteiger partial charge in [-0.2, -0.15) is 0 Å². The molecule has 0 saturated heterocycles. The van der Waals surface area contributed by atoms with E-state index in [1.165, 1.54) is 0 Å². The second kappa shape index (κ2) is 3.90. The summed E-state index contributed by atoms with van der Waals surface area (Å²) >= 11 is 13.1. The maximum Gasteiger partial charge on any atom is 0.258 e. The second-order valence-corrected chi connectivity index (χ2v) is 3.72. The van der Waals surface area contributed by atoms with Crippen LogP contribution in [0.1, 0.15) is 10.4 Å². The average Bonchev–Trinajstić information content (AvgIpc) is 2.01. The number of hydrogen-bond donors (Lipinski definition) is 0. The Morgan fingerprint density at radius 1 is 1.38 bits per heavy atom. The van der Waals surface area contributed by atoms with Gasteiger partial charge in [0.25, 0.3) is 5.24 Å². The molecule has 13 heavy (non-hydrogen) atoms. The van der Waals surface area contributed by atoms with Crippen molar-refractivity contribution in [3.8, 4) is 0 Å². The molecule has 1 aromatic rings. The summed E-state index contributed by atoms with van der Waals surface area (Å²) in [7, 11) is 0. The lowest BCUT2D eigenvalue weighted by Crippen LogP contribution is -2.01. The number of hydrogen-bond acceptors (Lipinski definition) is 1. The van der Waals surface area contributed by atoms with Gasteiger partial charge in [0, 0.05) is 0 Å². The molecule has 0 amide bonds. The highest BCUT2D eigenvalue weighted by Gasteiger charge is 2.20. The van der Waals surface area contributed by atoms with Crippen molar-refractivity contribution in [1.82, 2.24) is 0 Å². The highest BCUT2D eigenvalue weighted by molar-refractivity contribution is 9.10. The molecule has 0 aliphatic heterocycles. The fourth-order valence-corrected chi connectivity index (χ4v) is 1.67. The molecule has 1 aromatic carbocycles. The summed E-state index contributed by atoms with van der Waals surface area (Å²) in [5, 5.41) is -1.59. The van der Waals surface area contributed by atoms with Crippen LogP contribution in [0, 0.1) is 11.6 Å². The summed E-state index contributed by atoms with van der Waals surface area (Å²) < 4.78 is 25.9. The Hall–Kier alpha value is -0.190. The number of carbonyl (C=O) groups excluding carboxylic acids is 1. The first-order chi connectivity index (χ1) is 5.95. The first-order valence-electron chi connectivity index (χ1n) is 2.98. The quantitative estimate of drug-likeness (QED) is 0.568. The second-order valence-electron chi connectivity index (χ2n) is 2.12. The lowest BCUT2D eigenvalue weighted by Gasteiger charge is -2.03. The predicted molar refractivity (Wildman–Crippen MR) is 49.3 cm³/mol. The Balaban J connectivity index is 3.56. The molecule has 0 N–H and O–H groups in total. The van der Waals surface area contributed by atoms with Gasteiger partial charge in [-0.25, -0.2) is 8.78 Å². The van der Waals surface area contributed by atoms with E-state index >= 15 is 0 Å². The summed E-state index contributed by atoms with van der Waals surface area (Å²) in [5.41, 5.74) is -0.846. The van der Waals surface area contributed by atoms with Crippen LogP contribution in [-0.2, 0) is 0 Å². The molecule has 6 heteroatoms. The van der Waals surface area contributed by atoms with Crippen molar-refractivity contribution in [3.05, 3.63) is 32.8 Å². The SMILES string of the molecule is O=C(Cl)c1c(F)c(Cl)cc(Br)c1F. The van der Waals surface area contributed by atoms with Crippen LogP contribution in [0.4, 0.5) is 8.78 Å². The van der Waals surface area contributed by atoms with E-state index in [-0.39, 0.29) is 9.50 Å². The molecule has 0 spiro atoms. The molecule has 0 radical (unpaired) electrons. The van der Waals surface area contributed by atoms with Crippen molar-refractivity contribution in [2.45, 2.75) is 0 Å². The number of halogens is 5. The van der Waals surface area contributed by atoms with Crippen LogP contribution in [0.15, 0.2) is 10.5 Å². The van der Waals surface area contributed by atoms with E-state index in [1.807, 2.05) is 0 Å². The third-order valence-corrected chi connectivity index (χ3v) is 2.35. The largest absolute Gasteiger partial charge is 0.275 e. The van der Waals surface area contributed by atoms with E-state index in [0.717, 1.165) is 6.07 Å². The fourth-order valence-electron chi connectivity index (χ4n) is 0.746. The third-order valence-electron chi connectivity index (χ3n) is 1.31. The van der Waals surface area contributed by atoms with Crippen molar-refractivity contribution in [3.63, 3.8) is 0 Å². The zero-order valence-corrected chi connectivity index (χ0v) is 8.97. The highest BCUT2D eigenvalue weighted by atomic mass is 79.9. The van der Waals surface area contributed by atoms with E-state index in [0.29, 0.717) is 0 Å². The van der Waals surface area contributed by atoms with Gasteiger partial charge in [0.05, 0.1) is 9.50 Å². The Morgan fingerprint density at radius 2 is 1.92 bits per heavy atom. The van der Waals surface area contributed by atoms with Crippen molar-refractivity contribution in [2.75, 3.05) is 0 Å². The van der Waals surface area contributed by atoms with Crippen LogP contribution in [0.5, 0.6) is 0 Å². The van der Waals surface area contributed by atoms with Gasteiger partial charge >= 0.3 is 0 Å². The molecule has 0 aromatic heterocycles. The molecular weight excluding hydrogens is 289 g/mol. The third kappa shape index (κ3) is 2.00. The average molecular weight is 290 g/mol. The Labute approximate surface area is 90.8 Å². The molecular formula is C7HBrCl2F2O. The smallest absolute Gasteiger partial charge is 0.258 e. The Bertz CT molecular complexity index is 355. The first-order valence-corrected chi connectivity index (χ1v) is 4.53. The van der Waals surface area contributed by atoms with Crippen molar-refractivity contribution < 1.29 is 13.6 Å². The lowest BCUT2D eigenvalue weighted by molar-refractivity contribution is 0.107. The Kier molecular flexibility index (Phi) is 3.27. The Morgan fingerprint density at radius 3 is 2.38 bits per heavy atom. The number of benzene rings is 1. The molecule has 0 fully saturated rings. The van der Waals surface area contributed by atoms with Crippen LogP contribution >= 0.6 is 39.1 Å². The van der Waals surface area contributed by atoms with Crippen molar-refractivity contribution in [1.29, 1.82) is 0 Å². The molecule has 1 rings (SSSR count). The van der Waals surface area contributed by atoms with Crippen molar-refractivity contribution in [2.24, 2.45) is 0 Å². The van der Waals surface area contributed by atoms with Gasteiger partial charge in [-0.1, -0.05) is 11.6 Å². The van der Waals surface area contributed by atoms with Gasteiger partial charge < -0.3 is 0 Å². The minimum atomic E-state index is -1.22. The van der Waals surface area contributed by atoms with Crippen LogP contribution in [-0.4, -0.2) is 5.24 Å². The zero-order valence-electron chi connectivity index (χ0n) is 5.88. The van der Waals surface area contributed by atoms with Gasteiger partial charge in [-0.05, 0) is 33.6 Å². The van der Waals surface area contributed by atoms with Gasteiger partial charge in [0.1, 0.15) is 5.56 Å². The van der Waals surface area contributed by atoms with Crippen LogP contribution in [0.2, 0.25) is 5.02 Å². The number of carbonyl (C=O) groups is 1. The molecule has 0 aliphatic carbocycles. The molecule has 0 saturated carbocycles. The monoisotopic (exact) mass is 288 g/mol. The lowest BCUT2D eigenvalue weighted by atomic mass is 10.2. The predicted octanol–water partition coefficient (Wildman–Crippen LogP) is 3.76. The van der Waals surface area contributed by atoms with Crippen LogP contribution in [0.3, 0.4) is 0 Å². The van der Waals surface area contributed by atoms with Gasteiger partial charge in [0.2, 0.25) is 0 Å². The van der Waals surface area contributed by atoms with E-state index in [4.69, 9.17) is 23.2 Å². The molecule has 0 bridgehead atoms. The van der Waals surface area contributed by atoms with E-state index in [9.17, 15) is 13.6 Å². The normalized spacial score (nSPS) is 10.2. The van der Waals surface area contributed by atoms with Crippen molar-refractivity contribution >= 4 is 44.4 Å². The summed E-state index contributed by atoms with van der Waals surface area (Å²) in [6, 6.07) is 1.01.